The molecule has 0 fully saturated rings. The van der Waals surface area contributed by atoms with Gasteiger partial charge in [0.15, 0.2) is 6.10 Å². The second kappa shape index (κ2) is 66.6. The average molecular weight is 1100 g/mol. The number of unbranched alkanes of at least 4 members (excludes halogenated alkanes) is 31. The third-order valence-corrected chi connectivity index (χ3v) is 14.3. The largest absolute Gasteiger partial charge is 0.462 e. The van der Waals surface area contributed by atoms with Gasteiger partial charge in [0.1, 0.15) is 13.2 Å². The van der Waals surface area contributed by atoms with Gasteiger partial charge >= 0.3 is 17.9 Å². The number of rotatable bonds is 60. The topological polar surface area (TPSA) is 78.9 Å². The lowest BCUT2D eigenvalue weighted by molar-refractivity contribution is -0.167. The minimum atomic E-state index is -0.780. The van der Waals surface area contributed by atoms with E-state index in [1.165, 1.54) is 154 Å². The maximum absolute atomic E-state index is 12.9. The summed E-state index contributed by atoms with van der Waals surface area (Å²) in [5.41, 5.74) is 0. The van der Waals surface area contributed by atoms with E-state index in [2.05, 4.69) is 130 Å². The van der Waals surface area contributed by atoms with Crippen LogP contribution in [0.5, 0.6) is 0 Å². The van der Waals surface area contributed by atoms with Crippen LogP contribution in [0.3, 0.4) is 0 Å². The van der Waals surface area contributed by atoms with Crippen molar-refractivity contribution in [3.05, 3.63) is 109 Å². The first-order valence-corrected chi connectivity index (χ1v) is 33.4. The minimum Gasteiger partial charge on any atom is -0.462 e. The molecule has 452 valence electrons. The van der Waals surface area contributed by atoms with Crippen LogP contribution in [0.4, 0.5) is 0 Å². The monoisotopic (exact) mass is 1100 g/mol. The van der Waals surface area contributed by atoms with Gasteiger partial charge in [-0.1, -0.05) is 304 Å². The second-order valence-electron chi connectivity index (χ2n) is 22.0. The fraction of sp³-hybridized carbons (Fsp3) is 0.712. The Morgan fingerprint density at radius 3 is 0.772 bits per heavy atom. The Morgan fingerprint density at radius 2 is 0.494 bits per heavy atom. The molecular formula is C73H124O6. The van der Waals surface area contributed by atoms with E-state index >= 15 is 0 Å². The number of hydrogen-bond donors (Lipinski definition) is 0. The van der Waals surface area contributed by atoms with Gasteiger partial charge in [-0.2, -0.15) is 0 Å². The van der Waals surface area contributed by atoms with E-state index in [1.54, 1.807) is 0 Å². The molecule has 0 rings (SSSR count). The Balaban J connectivity index is 4.06. The van der Waals surface area contributed by atoms with Gasteiger partial charge < -0.3 is 14.2 Å². The Labute approximate surface area is 489 Å². The molecule has 79 heavy (non-hydrogen) atoms. The van der Waals surface area contributed by atoms with Crippen LogP contribution >= 0.6 is 0 Å². The van der Waals surface area contributed by atoms with Crippen molar-refractivity contribution in [2.75, 3.05) is 13.2 Å². The Morgan fingerprint density at radius 1 is 0.266 bits per heavy atom. The average Bonchev–Trinajstić information content (AvgIpc) is 3.45. The predicted octanol–water partition coefficient (Wildman–Crippen LogP) is 23.0. The van der Waals surface area contributed by atoms with Crippen LogP contribution in [0.1, 0.15) is 316 Å². The maximum atomic E-state index is 12.9. The van der Waals surface area contributed by atoms with E-state index in [4.69, 9.17) is 14.2 Å². The van der Waals surface area contributed by atoms with Crippen LogP contribution in [-0.4, -0.2) is 37.2 Å². The van der Waals surface area contributed by atoms with E-state index in [-0.39, 0.29) is 31.1 Å². The first-order chi connectivity index (χ1) is 39.0. The molecule has 0 saturated carbocycles. The molecule has 0 amide bonds. The molecule has 0 aromatic carbocycles. The molecule has 0 N–H and O–H groups in total. The number of allylic oxidation sites excluding steroid dienone is 18. The summed E-state index contributed by atoms with van der Waals surface area (Å²) in [6.07, 6.45) is 91.4. The van der Waals surface area contributed by atoms with E-state index < -0.39 is 6.10 Å². The molecule has 0 saturated heterocycles. The van der Waals surface area contributed by atoms with Gasteiger partial charge in [-0.05, 0) is 103 Å². The van der Waals surface area contributed by atoms with Gasteiger partial charge in [0.2, 0.25) is 0 Å². The molecule has 0 aliphatic heterocycles. The molecule has 0 aromatic rings. The van der Waals surface area contributed by atoms with Gasteiger partial charge in [0.05, 0.1) is 0 Å². The van der Waals surface area contributed by atoms with E-state index in [1.807, 2.05) is 0 Å². The van der Waals surface area contributed by atoms with E-state index in [9.17, 15) is 14.4 Å². The van der Waals surface area contributed by atoms with Gasteiger partial charge in [-0.3, -0.25) is 14.4 Å². The Hall–Kier alpha value is -3.93. The molecule has 1 atom stereocenters. The van der Waals surface area contributed by atoms with Gasteiger partial charge in [0, 0.05) is 19.3 Å². The van der Waals surface area contributed by atoms with Crippen molar-refractivity contribution in [1.29, 1.82) is 0 Å². The minimum absolute atomic E-state index is 0.0783. The Bertz CT molecular complexity index is 1590. The van der Waals surface area contributed by atoms with Gasteiger partial charge in [-0.25, -0.2) is 0 Å². The summed E-state index contributed by atoms with van der Waals surface area (Å²) in [5.74, 6) is -0.883. The summed E-state index contributed by atoms with van der Waals surface area (Å²) >= 11 is 0. The number of ether oxygens (including phenoxy) is 3. The second-order valence-corrected chi connectivity index (χ2v) is 22.0. The molecule has 1 unspecified atom stereocenters. The lowest BCUT2D eigenvalue weighted by Crippen LogP contribution is -2.30. The maximum Gasteiger partial charge on any atom is 0.306 e. The van der Waals surface area contributed by atoms with Crippen molar-refractivity contribution >= 4 is 17.9 Å². The number of carbonyl (C=O) groups is 3. The number of esters is 3. The molecule has 0 heterocycles. The van der Waals surface area contributed by atoms with E-state index in [0.29, 0.717) is 19.3 Å². The number of carbonyl (C=O) groups excluding carboxylic acids is 3. The van der Waals surface area contributed by atoms with Crippen molar-refractivity contribution in [2.24, 2.45) is 0 Å². The fourth-order valence-electron chi connectivity index (χ4n) is 9.35. The summed E-state index contributed by atoms with van der Waals surface area (Å²) in [7, 11) is 0. The highest BCUT2D eigenvalue weighted by Crippen LogP contribution is 2.17. The Kier molecular flexibility index (Phi) is 63.3. The third-order valence-electron chi connectivity index (χ3n) is 14.3. The SMILES string of the molecule is CC/C=C\C/C=C\C/C=C\C/C=C\C/C=C\CCCCCCCCCCCCCCCCCCCC(=O)OCC(COC(=O)CCCCCCCCC)OC(=O)CCCCCCCCCC/C=C\C/C=C\C/C=C\C/C=C\CC. The highest BCUT2D eigenvalue weighted by molar-refractivity contribution is 5.71. The third kappa shape index (κ3) is 64.8. The molecule has 0 aliphatic carbocycles. The number of hydrogen-bond acceptors (Lipinski definition) is 6. The molecule has 6 nitrogen and oxygen atoms in total. The standard InChI is InChI=1S/C73H124O6/c1-4-7-10-13-16-18-20-22-24-26-28-30-31-32-33-34-35-36-37-38-39-40-41-43-44-46-48-50-52-54-57-60-63-66-72(75)78-69-70(68-77-71(74)65-62-59-56-15-12-9-6-3)79-73(76)67-64-61-58-55-53-51-49-47-45-42-29-27-25-23-21-19-17-14-11-8-5-2/h7-8,10-11,16-19,22-25,28-30,32-33,42,70H,4-6,9,12-15,20-21,26-27,31,34-41,43-69H2,1-3H3/b10-7-,11-8-,18-16-,19-17-,24-22-,25-23-,30-28-,33-32-,42-29-. The molecular weight excluding hydrogens is 973 g/mol. The molecule has 0 spiro atoms. The highest BCUT2D eigenvalue weighted by Gasteiger charge is 2.19. The predicted molar refractivity (Wildman–Crippen MR) is 343 cm³/mol. The van der Waals surface area contributed by atoms with E-state index in [0.717, 1.165) is 122 Å². The molecule has 0 bridgehead atoms. The summed E-state index contributed by atoms with van der Waals surface area (Å²) in [5, 5.41) is 0. The normalized spacial score (nSPS) is 12.8. The molecule has 0 aromatic heterocycles. The van der Waals surface area contributed by atoms with Crippen LogP contribution < -0.4 is 0 Å². The van der Waals surface area contributed by atoms with Crippen molar-refractivity contribution in [3.8, 4) is 0 Å². The molecule has 6 heteroatoms. The highest BCUT2D eigenvalue weighted by atomic mass is 16.6. The zero-order valence-electron chi connectivity index (χ0n) is 51.9. The van der Waals surface area contributed by atoms with Crippen LogP contribution in [0.2, 0.25) is 0 Å². The van der Waals surface area contributed by atoms with Crippen molar-refractivity contribution in [3.63, 3.8) is 0 Å². The summed E-state index contributed by atoms with van der Waals surface area (Å²) < 4.78 is 16.9. The smallest absolute Gasteiger partial charge is 0.306 e. The van der Waals surface area contributed by atoms with Crippen LogP contribution in [0.25, 0.3) is 0 Å². The van der Waals surface area contributed by atoms with Gasteiger partial charge in [-0.15, -0.1) is 0 Å². The fourth-order valence-corrected chi connectivity index (χ4v) is 9.35. The van der Waals surface area contributed by atoms with Gasteiger partial charge in [0.25, 0.3) is 0 Å². The van der Waals surface area contributed by atoms with Crippen LogP contribution in [-0.2, 0) is 28.6 Å². The van der Waals surface area contributed by atoms with Crippen molar-refractivity contribution in [2.45, 2.75) is 322 Å². The van der Waals surface area contributed by atoms with Crippen LogP contribution in [0, 0.1) is 0 Å². The van der Waals surface area contributed by atoms with Crippen LogP contribution in [0.15, 0.2) is 109 Å². The lowest BCUT2D eigenvalue weighted by atomic mass is 10.0. The summed E-state index contributed by atoms with van der Waals surface area (Å²) in [4.78, 5) is 38.1. The summed E-state index contributed by atoms with van der Waals surface area (Å²) in [6, 6.07) is 0. The van der Waals surface area contributed by atoms with Crippen molar-refractivity contribution < 1.29 is 28.6 Å². The molecule has 0 aliphatic rings. The van der Waals surface area contributed by atoms with Crippen molar-refractivity contribution in [1.82, 2.24) is 0 Å². The quantitative estimate of drug-likeness (QED) is 0.0261. The zero-order valence-corrected chi connectivity index (χ0v) is 51.9. The molecule has 0 radical (unpaired) electrons. The zero-order chi connectivity index (χ0) is 57.1. The first kappa shape index (κ1) is 75.1. The first-order valence-electron chi connectivity index (χ1n) is 33.4. The summed E-state index contributed by atoms with van der Waals surface area (Å²) in [6.45, 7) is 6.39. The lowest BCUT2D eigenvalue weighted by Gasteiger charge is -2.18.